The van der Waals surface area contributed by atoms with Gasteiger partial charge in [-0.25, -0.2) is 17.6 Å². The zero-order chi connectivity index (χ0) is 12.5. The molecule has 0 aliphatic heterocycles. The Morgan fingerprint density at radius 3 is 2.44 bits per heavy atom. The Bertz CT molecular complexity index is 523. The number of aliphatic hydroxyl groups excluding tert-OH is 1. The van der Waals surface area contributed by atoms with Gasteiger partial charge in [-0.1, -0.05) is 12.1 Å². The van der Waals surface area contributed by atoms with Crippen LogP contribution in [0.3, 0.4) is 0 Å². The second-order valence-electron chi connectivity index (χ2n) is 3.17. The first-order valence-electron chi connectivity index (χ1n) is 4.14. The van der Waals surface area contributed by atoms with Crippen molar-refractivity contribution in [2.45, 2.75) is 11.0 Å². The number of hydrogen-bond acceptors (Lipinski definition) is 4. The highest BCUT2D eigenvalue weighted by molar-refractivity contribution is 7.90. The summed E-state index contributed by atoms with van der Waals surface area (Å²) in [6.45, 7) is 0. The third-order valence-corrected chi connectivity index (χ3v) is 3.07. The molecule has 0 heterocycles. The highest BCUT2D eigenvalue weighted by atomic mass is 32.2. The number of aliphatic hydroxyl groups is 1. The maximum Gasteiger partial charge on any atom is 0.337 e. The molecule has 0 spiro atoms. The van der Waals surface area contributed by atoms with Crippen molar-refractivity contribution in [2.24, 2.45) is 0 Å². The zero-order valence-electron chi connectivity index (χ0n) is 8.21. The van der Waals surface area contributed by atoms with Crippen LogP contribution in [0.2, 0.25) is 0 Å². The SMILES string of the molecule is CS(=O)(=O)c1c(F)cccc1C(O)C(=O)O. The minimum absolute atomic E-state index is 0.477. The third kappa shape index (κ3) is 2.37. The number of rotatable bonds is 3. The van der Waals surface area contributed by atoms with Crippen molar-refractivity contribution in [3.8, 4) is 0 Å². The summed E-state index contributed by atoms with van der Waals surface area (Å²) in [6.07, 6.45) is -1.33. The zero-order valence-corrected chi connectivity index (χ0v) is 9.03. The van der Waals surface area contributed by atoms with E-state index in [0.717, 1.165) is 24.5 Å². The average Bonchev–Trinajstić information content (AvgIpc) is 2.14. The van der Waals surface area contributed by atoms with E-state index in [9.17, 15) is 22.7 Å². The fraction of sp³-hybridized carbons (Fsp3) is 0.222. The maximum atomic E-state index is 13.3. The molecule has 1 aromatic carbocycles. The van der Waals surface area contributed by atoms with Crippen molar-refractivity contribution >= 4 is 15.8 Å². The van der Waals surface area contributed by atoms with Gasteiger partial charge in [0.25, 0.3) is 0 Å². The Balaban J connectivity index is 3.53. The number of hydrogen-bond donors (Lipinski definition) is 2. The molecule has 1 unspecified atom stereocenters. The summed E-state index contributed by atoms with van der Waals surface area (Å²) < 4.78 is 35.8. The molecule has 0 saturated carbocycles. The predicted octanol–water partition coefficient (Wildman–Crippen LogP) is 0.347. The van der Waals surface area contributed by atoms with Crippen LogP contribution in [0.5, 0.6) is 0 Å². The third-order valence-electron chi connectivity index (χ3n) is 1.90. The molecule has 88 valence electrons. The maximum absolute atomic E-state index is 13.3. The van der Waals surface area contributed by atoms with Gasteiger partial charge in [0.15, 0.2) is 15.9 Å². The first-order chi connectivity index (χ1) is 7.25. The van der Waals surface area contributed by atoms with Crippen LogP contribution in [-0.2, 0) is 14.6 Å². The molecule has 0 saturated heterocycles. The summed E-state index contributed by atoms with van der Waals surface area (Å²) in [5.74, 6) is -2.73. The molecule has 1 rings (SSSR count). The molecule has 16 heavy (non-hydrogen) atoms. The highest BCUT2D eigenvalue weighted by Gasteiger charge is 2.26. The van der Waals surface area contributed by atoms with E-state index < -0.39 is 38.2 Å². The second kappa shape index (κ2) is 4.18. The largest absolute Gasteiger partial charge is 0.479 e. The summed E-state index contributed by atoms with van der Waals surface area (Å²) in [5.41, 5.74) is -0.477. The van der Waals surface area contributed by atoms with Crippen molar-refractivity contribution in [1.29, 1.82) is 0 Å². The van der Waals surface area contributed by atoms with E-state index in [0.29, 0.717) is 0 Å². The molecule has 2 N–H and O–H groups in total. The first-order valence-corrected chi connectivity index (χ1v) is 6.03. The van der Waals surface area contributed by atoms with E-state index in [1.165, 1.54) is 0 Å². The summed E-state index contributed by atoms with van der Waals surface area (Å²) in [5, 5.41) is 17.8. The summed E-state index contributed by atoms with van der Waals surface area (Å²) >= 11 is 0. The Labute approximate surface area is 91.1 Å². The van der Waals surface area contributed by atoms with Gasteiger partial charge < -0.3 is 10.2 Å². The number of benzene rings is 1. The van der Waals surface area contributed by atoms with Crippen molar-refractivity contribution < 1.29 is 27.8 Å². The number of carbonyl (C=O) groups is 1. The molecule has 5 nitrogen and oxygen atoms in total. The van der Waals surface area contributed by atoms with E-state index >= 15 is 0 Å². The molecule has 0 radical (unpaired) electrons. The summed E-state index contributed by atoms with van der Waals surface area (Å²) in [6, 6.07) is 3.07. The smallest absolute Gasteiger partial charge is 0.337 e. The van der Waals surface area contributed by atoms with Crippen LogP contribution in [0.1, 0.15) is 11.7 Å². The average molecular weight is 248 g/mol. The minimum Gasteiger partial charge on any atom is -0.479 e. The van der Waals surface area contributed by atoms with E-state index in [1.54, 1.807) is 0 Å². The monoisotopic (exact) mass is 248 g/mol. The van der Waals surface area contributed by atoms with Gasteiger partial charge in [0, 0.05) is 11.8 Å². The molecule has 0 amide bonds. The van der Waals surface area contributed by atoms with Crippen molar-refractivity contribution in [1.82, 2.24) is 0 Å². The lowest BCUT2D eigenvalue weighted by atomic mass is 10.1. The summed E-state index contributed by atoms with van der Waals surface area (Å²) in [7, 11) is -3.94. The molecule has 0 aliphatic rings. The Kier molecular flexibility index (Phi) is 3.30. The van der Waals surface area contributed by atoms with Gasteiger partial charge >= 0.3 is 5.97 Å². The fourth-order valence-corrected chi connectivity index (χ4v) is 2.30. The number of sulfone groups is 1. The van der Waals surface area contributed by atoms with Crippen molar-refractivity contribution in [3.63, 3.8) is 0 Å². The molecule has 7 heteroatoms. The van der Waals surface area contributed by atoms with Gasteiger partial charge in [-0.15, -0.1) is 0 Å². The molecular formula is C9H9FO5S. The van der Waals surface area contributed by atoms with Gasteiger partial charge in [-0.3, -0.25) is 0 Å². The van der Waals surface area contributed by atoms with Gasteiger partial charge in [0.05, 0.1) is 0 Å². The van der Waals surface area contributed by atoms with Crippen molar-refractivity contribution in [2.75, 3.05) is 6.26 Å². The quantitative estimate of drug-likeness (QED) is 0.805. The number of aliphatic carboxylic acids is 1. The second-order valence-corrected chi connectivity index (χ2v) is 5.12. The number of halogens is 1. The molecule has 0 bridgehead atoms. The van der Waals surface area contributed by atoms with Crippen molar-refractivity contribution in [3.05, 3.63) is 29.6 Å². The molecule has 1 aromatic rings. The highest BCUT2D eigenvalue weighted by Crippen LogP contribution is 2.25. The Hall–Kier alpha value is -1.47. The molecule has 0 aliphatic carbocycles. The predicted molar refractivity (Wildman–Crippen MR) is 52.1 cm³/mol. The first kappa shape index (κ1) is 12.6. The standard InChI is InChI=1S/C9H9FO5S/c1-16(14,15)8-5(7(11)9(12)13)3-2-4-6(8)10/h2-4,7,11H,1H3,(H,12,13). The van der Waals surface area contributed by atoms with E-state index in [4.69, 9.17) is 5.11 Å². The van der Waals surface area contributed by atoms with Gasteiger partial charge in [-0.05, 0) is 6.07 Å². The topological polar surface area (TPSA) is 91.7 Å². The lowest BCUT2D eigenvalue weighted by Crippen LogP contribution is -2.15. The lowest BCUT2D eigenvalue weighted by Gasteiger charge is -2.11. The van der Waals surface area contributed by atoms with Crippen LogP contribution in [0, 0.1) is 5.82 Å². The van der Waals surface area contributed by atoms with Crippen LogP contribution in [-0.4, -0.2) is 30.9 Å². The number of carboxylic acids is 1. The lowest BCUT2D eigenvalue weighted by molar-refractivity contribution is -0.147. The molecule has 1 atom stereocenters. The molecule has 0 fully saturated rings. The van der Waals surface area contributed by atoms with E-state index in [-0.39, 0.29) is 0 Å². The normalized spacial score (nSPS) is 13.4. The molecular weight excluding hydrogens is 239 g/mol. The Morgan fingerprint density at radius 2 is 2.00 bits per heavy atom. The van der Waals surface area contributed by atoms with E-state index in [2.05, 4.69) is 0 Å². The van der Waals surface area contributed by atoms with Crippen LogP contribution in [0.25, 0.3) is 0 Å². The fourth-order valence-electron chi connectivity index (χ4n) is 1.27. The number of carboxylic acid groups (broad SMARTS) is 1. The van der Waals surface area contributed by atoms with E-state index in [1.807, 2.05) is 0 Å². The Morgan fingerprint density at radius 1 is 1.44 bits per heavy atom. The van der Waals surface area contributed by atoms with Crippen LogP contribution < -0.4 is 0 Å². The van der Waals surface area contributed by atoms with Crippen LogP contribution >= 0.6 is 0 Å². The molecule has 0 aromatic heterocycles. The van der Waals surface area contributed by atoms with Gasteiger partial charge in [0.1, 0.15) is 10.7 Å². The van der Waals surface area contributed by atoms with Crippen LogP contribution in [0.4, 0.5) is 4.39 Å². The van der Waals surface area contributed by atoms with Gasteiger partial charge in [0.2, 0.25) is 0 Å². The summed E-state index contributed by atoms with van der Waals surface area (Å²) in [4.78, 5) is 9.74. The van der Waals surface area contributed by atoms with Gasteiger partial charge in [-0.2, -0.15) is 0 Å². The minimum atomic E-state index is -3.94. The van der Waals surface area contributed by atoms with Crippen LogP contribution in [0.15, 0.2) is 23.1 Å².